The van der Waals surface area contributed by atoms with Crippen molar-refractivity contribution in [3.8, 4) is 5.75 Å². The molecule has 1 amide bonds. The Morgan fingerprint density at radius 3 is 2.61 bits per heavy atom. The SMILES string of the molecule is CCOc1cccc2sc(N(CCn3nc(C)cc3C)C(=O)c3cc(C)n(C)n3)nc12. The summed E-state index contributed by atoms with van der Waals surface area (Å²) in [4.78, 5) is 19.9. The number of thiazole rings is 1. The Labute approximate surface area is 185 Å². The number of nitrogens with zero attached hydrogens (tertiary/aromatic N) is 6. The number of benzene rings is 1. The summed E-state index contributed by atoms with van der Waals surface area (Å²) in [6.45, 7) is 9.40. The summed E-state index contributed by atoms with van der Waals surface area (Å²) in [5.74, 6) is 0.546. The molecule has 0 radical (unpaired) electrons. The molecule has 0 saturated heterocycles. The summed E-state index contributed by atoms with van der Waals surface area (Å²) in [6, 6.07) is 9.67. The van der Waals surface area contributed by atoms with Gasteiger partial charge in [-0.3, -0.25) is 19.1 Å². The number of aromatic nitrogens is 5. The molecule has 0 atom stereocenters. The number of amides is 1. The van der Waals surface area contributed by atoms with Crippen LogP contribution in [0.1, 0.15) is 34.5 Å². The zero-order valence-electron chi connectivity index (χ0n) is 18.4. The number of ether oxygens (including phenoxy) is 1. The Bertz CT molecular complexity index is 1220. The van der Waals surface area contributed by atoms with Crippen molar-refractivity contribution < 1.29 is 9.53 Å². The average Bonchev–Trinajstić information content (AvgIpc) is 3.40. The van der Waals surface area contributed by atoms with E-state index in [0.29, 0.717) is 30.5 Å². The fraction of sp³-hybridized carbons (Fsp3) is 0.364. The van der Waals surface area contributed by atoms with E-state index in [2.05, 4.69) is 10.2 Å². The van der Waals surface area contributed by atoms with Gasteiger partial charge in [-0.05, 0) is 52.0 Å². The van der Waals surface area contributed by atoms with Crippen LogP contribution in [0.5, 0.6) is 5.75 Å². The number of hydrogen-bond acceptors (Lipinski definition) is 6. The molecule has 0 spiro atoms. The monoisotopic (exact) mass is 438 g/mol. The molecule has 0 bridgehead atoms. The predicted molar refractivity (Wildman–Crippen MR) is 122 cm³/mol. The third-order valence-corrected chi connectivity index (χ3v) is 6.16. The van der Waals surface area contributed by atoms with Crippen molar-refractivity contribution >= 4 is 32.6 Å². The number of rotatable bonds is 7. The van der Waals surface area contributed by atoms with E-state index < -0.39 is 0 Å². The van der Waals surface area contributed by atoms with Crippen molar-refractivity contribution in [2.24, 2.45) is 7.05 Å². The van der Waals surface area contributed by atoms with Crippen LogP contribution in [0.25, 0.3) is 10.2 Å². The molecule has 31 heavy (non-hydrogen) atoms. The topological polar surface area (TPSA) is 78.1 Å². The van der Waals surface area contributed by atoms with Gasteiger partial charge in [-0.1, -0.05) is 17.4 Å². The molecule has 0 N–H and O–H groups in total. The van der Waals surface area contributed by atoms with Gasteiger partial charge in [0.1, 0.15) is 11.3 Å². The van der Waals surface area contributed by atoms with E-state index in [4.69, 9.17) is 9.72 Å². The van der Waals surface area contributed by atoms with Crippen molar-refractivity contribution in [2.45, 2.75) is 34.2 Å². The van der Waals surface area contributed by atoms with Crippen LogP contribution in [0.4, 0.5) is 5.13 Å². The molecule has 0 aliphatic rings. The van der Waals surface area contributed by atoms with E-state index in [1.165, 1.54) is 11.3 Å². The van der Waals surface area contributed by atoms with Crippen LogP contribution in [0, 0.1) is 20.8 Å². The normalized spacial score (nSPS) is 11.3. The van der Waals surface area contributed by atoms with E-state index in [1.54, 1.807) is 15.6 Å². The second-order valence-electron chi connectivity index (χ2n) is 7.43. The van der Waals surface area contributed by atoms with Gasteiger partial charge >= 0.3 is 0 Å². The minimum absolute atomic E-state index is 0.178. The molecule has 0 aliphatic carbocycles. The molecule has 0 unspecified atom stereocenters. The van der Waals surface area contributed by atoms with Crippen LogP contribution < -0.4 is 9.64 Å². The maximum absolute atomic E-state index is 13.5. The fourth-order valence-corrected chi connectivity index (χ4v) is 4.49. The molecule has 162 valence electrons. The quantitative estimate of drug-likeness (QED) is 0.437. The number of anilines is 1. The molecule has 1 aromatic carbocycles. The van der Waals surface area contributed by atoms with Gasteiger partial charge in [0, 0.05) is 25.0 Å². The van der Waals surface area contributed by atoms with Crippen LogP contribution in [-0.2, 0) is 13.6 Å². The highest BCUT2D eigenvalue weighted by Gasteiger charge is 2.25. The van der Waals surface area contributed by atoms with E-state index in [-0.39, 0.29) is 5.91 Å². The van der Waals surface area contributed by atoms with Gasteiger partial charge in [0.2, 0.25) is 0 Å². The second kappa shape index (κ2) is 8.50. The van der Waals surface area contributed by atoms with Gasteiger partial charge < -0.3 is 4.74 Å². The molecule has 4 rings (SSSR count). The lowest BCUT2D eigenvalue weighted by Crippen LogP contribution is -2.34. The summed E-state index contributed by atoms with van der Waals surface area (Å²) in [5, 5.41) is 9.54. The minimum atomic E-state index is -0.178. The number of para-hydroxylation sites is 1. The Kier molecular flexibility index (Phi) is 5.77. The minimum Gasteiger partial charge on any atom is -0.492 e. The summed E-state index contributed by atoms with van der Waals surface area (Å²) in [6.07, 6.45) is 0. The summed E-state index contributed by atoms with van der Waals surface area (Å²) < 4.78 is 10.3. The average molecular weight is 439 g/mol. The van der Waals surface area contributed by atoms with E-state index >= 15 is 0 Å². The lowest BCUT2D eigenvalue weighted by molar-refractivity contribution is 0.0980. The van der Waals surface area contributed by atoms with Crippen LogP contribution in [-0.4, -0.2) is 43.6 Å². The van der Waals surface area contributed by atoms with Gasteiger partial charge in [0.25, 0.3) is 5.91 Å². The molecule has 0 saturated carbocycles. The molecule has 3 aromatic heterocycles. The molecular formula is C22H26N6O2S. The largest absolute Gasteiger partial charge is 0.492 e. The Hall–Kier alpha value is -3.20. The van der Waals surface area contributed by atoms with Gasteiger partial charge in [0.05, 0.1) is 23.5 Å². The van der Waals surface area contributed by atoms with Gasteiger partial charge in [-0.25, -0.2) is 4.98 Å². The van der Waals surface area contributed by atoms with Crippen molar-refractivity contribution in [2.75, 3.05) is 18.1 Å². The fourth-order valence-electron chi connectivity index (χ4n) is 3.48. The number of aryl methyl sites for hydroxylation is 4. The van der Waals surface area contributed by atoms with Crippen LogP contribution in [0.3, 0.4) is 0 Å². The van der Waals surface area contributed by atoms with Gasteiger partial charge in [-0.2, -0.15) is 10.2 Å². The molecule has 0 aliphatic heterocycles. The third-order valence-electron chi connectivity index (χ3n) is 5.12. The lowest BCUT2D eigenvalue weighted by Gasteiger charge is -2.19. The van der Waals surface area contributed by atoms with Crippen LogP contribution in [0.15, 0.2) is 30.3 Å². The second-order valence-corrected chi connectivity index (χ2v) is 8.44. The Balaban J connectivity index is 1.72. The first-order chi connectivity index (χ1) is 14.9. The zero-order chi connectivity index (χ0) is 22.1. The molecule has 4 aromatic rings. The van der Waals surface area contributed by atoms with Crippen molar-refractivity contribution in [3.63, 3.8) is 0 Å². The smallest absolute Gasteiger partial charge is 0.280 e. The maximum atomic E-state index is 13.5. The highest BCUT2D eigenvalue weighted by molar-refractivity contribution is 7.22. The van der Waals surface area contributed by atoms with E-state index in [0.717, 1.165) is 33.0 Å². The molecule has 8 nitrogen and oxygen atoms in total. The molecular weight excluding hydrogens is 412 g/mol. The maximum Gasteiger partial charge on any atom is 0.280 e. The molecule has 9 heteroatoms. The van der Waals surface area contributed by atoms with Crippen LogP contribution >= 0.6 is 11.3 Å². The first-order valence-corrected chi connectivity index (χ1v) is 11.0. The number of carbonyl (C=O) groups excluding carboxylic acids is 1. The number of hydrogen-bond donors (Lipinski definition) is 0. The predicted octanol–water partition coefficient (Wildman–Crippen LogP) is 3.90. The lowest BCUT2D eigenvalue weighted by atomic mass is 10.3. The van der Waals surface area contributed by atoms with Gasteiger partial charge in [-0.15, -0.1) is 0 Å². The van der Waals surface area contributed by atoms with Gasteiger partial charge in [0.15, 0.2) is 10.8 Å². The summed E-state index contributed by atoms with van der Waals surface area (Å²) in [5.41, 5.74) is 4.10. The van der Waals surface area contributed by atoms with Crippen molar-refractivity contribution in [1.29, 1.82) is 0 Å². The standard InChI is InChI=1S/C22H26N6O2S/c1-6-30-18-8-7-9-19-20(18)23-22(31-19)27(10-11-28-16(4)12-14(2)24-28)21(29)17-13-15(3)26(5)25-17/h7-9,12-13H,6,10-11H2,1-5H3. The Morgan fingerprint density at radius 1 is 1.16 bits per heavy atom. The highest BCUT2D eigenvalue weighted by Crippen LogP contribution is 2.34. The zero-order valence-corrected chi connectivity index (χ0v) is 19.2. The molecule has 0 fully saturated rings. The first-order valence-electron chi connectivity index (χ1n) is 10.2. The number of fused-ring (bicyclic) bond motifs is 1. The van der Waals surface area contributed by atoms with E-state index in [9.17, 15) is 4.79 Å². The highest BCUT2D eigenvalue weighted by atomic mass is 32.1. The summed E-state index contributed by atoms with van der Waals surface area (Å²) in [7, 11) is 1.83. The number of carbonyl (C=O) groups is 1. The summed E-state index contributed by atoms with van der Waals surface area (Å²) >= 11 is 1.47. The third kappa shape index (κ3) is 4.18. The van der Waals surface area contributed by atoms with Crippen molar-refractivity contribution in [1.82, 2.24) is 24.5 Å². The first kappa shape index (κ1) is 21.0. The van der Waals surface area contributed by atoms with E-state index in [1.807, 2.05) is 63.7 Å². The Morgan fingerprint density at radius 2 is 1.97 bits per heavy atom. The molecule has 3 heterocycles. The van der Waals surface area contributed by atoms with Crippen LogP contribution in [0.2, 0.25) is 0 Å². The van der Waals surface area contributed by atoms with Crippen molar-refractivity contribution in [3.05, 3.63) is 53.1 Å².